The number of benzene rings is 1. The van der Waals surface area contributed by atoms with Crippen LogP contribution in [0.15, 0.2) is 42.6 Å². The average molecular weight is 310 g/mol. The first-order valence-corrected chi connectivity index (χ1v) is 7.87. The van der Waals surface area contributed by atoms with Crippen molar-refractivity contribution < 1.29 is 4.79 Å². The molecule has 6 heteroatoms. The topological polar surface area (TPSA) is 77.1 Å². The first kappa shape index (κ1) is 14.2. The maximum absolute atomic E-state index is 13.0. The molecule has 2 amide bonds. The molecule has 118 valence electrons. The van der Waals surface area contributed by atoms with E-state index >= 15 is 0 Å². The third kappa shape index (κ3) is 2.36. The number of carbonyl (C=O) groups excluding carboxylic acids is 1. The predicted octanol–water partition coefficient (Wildman–Crippen LogP) is 3.25. The van der Waals surface area contributed by atoms with Gasteiger partial charge in [-0.25, -0.2) is 9.78 Å². The van der Waals surface area contributed by atoms with E-state index in [2.05, 4.69) is 15.6 Å². The van der Waals surface area contributed by atoms with E-state index in [9.17, 15) is 10.0 Å². The number of quaternary nitrogens is 1. The standard InChI is InChI=1S/C17H18N4O2/c22-17(20-16-8-1-2-9-18-16)19-14-6-3-7-15-13(14)11-12-5-4-10-21(12,15)23/h1-3,6-9,12H,4-5,10-11H2,(H2,18,19,20,22). The predicted molar refractivity (Wildman–Crippen MR) is 90.1 cm³/mol. The molecule has 0 saturated carbocycles. The summed E-state index contributed by atoms with van der Waals surface area (Å²) in [5, 5.41) is 18.6. The van der Waals surface area contributed by atoms with Crippen LogP contribution in [0.25, 0.3) is 0 Å². The molecule has 1 aromatic heterocycles. The molecule has 1 aromatic carbocycles. The Kier molecular flexibility index (Phi) is 3.28. The molecular formula is C17H18N4O2. The molecule has 4 rings (SSSR count). The van der Waals surface area contributed by atoms with Crippen molar-refractivity contribution in [2.45, 2.75) is 25.3 Å². The van der Waals surface area contributed by atoms with Gasteiger partial charge >= 0.3 is 6.03 Å². The van der Waals surface area contributed by atoms with Gasteiger partial charge in [-0.1, -0.05) is 12.1 Å². The highest BCUT2D eigenvalue weighted by atomic mass is 16.6. The lowest BCUT2D eigenvalue weighted by atomic mass is 10.1. The van der Waals surface area contributed by atoms with Crippen LogP contribution in [0.3, 0.4) is 0 Å². The SMILES string of the molecule is O=C(Nc1ccccn1)Nc1cccc2c1CC1CCC[N+]21[O-]. The summed E-state index contributed by atoms with van der Waals surface area (Å²) in [6, 6.07) is 10.7. The fourth-order valence-electron chi connectivity index (χ4n) is 3.72. The number of hydrogen-bond acceptors (Lipinski definition) is 3. The molecule has 0 spiro atoms. The Morgan fingerprint density at radius 1 is 1.22 bits per heavy atom. The van der Waals surface area contributed by atoms with Crippen molar-refractivity contribution in [2.75, 3.05) is 17.2 Å². The lowest BCUT2D eigenvalue weighted by Gasteiger charge is -2.39. The van der Waals surface area contributed by atoms with Crippen molar-refractivity contribution in [2.24, 2.45) is 0 Å². The molecule has 0 aliphatic carbocycles. The molecular weight excluding hydrogens is 292 g/mol. The normalized spacial score (nSPS) is 24.8. The summed E-state index contributed by atoms with van der Waals surface area (Å²) in [4.78, 5) is 16.2. The number of fused-ring (bicyclic) bond motifs is 3. The van der Waals surface area contributed by atoms with Gasteiger partial charge in [0.05, 0.1) is 18.3 Å². The Bertz CT molecular complexity index is 750. The Labute approximate surface area is 134 Å². The van der Waals surface area contributed by atoms with Crippen molar-refractivity contribution in [3.63, 3.8) is 0 Å². The van der Waals surface area contributed by atoms with Crippen LogP contribution in [-0.4, -0.2) is 23.6 Å². The minimum absolute atomic E-state index is 0.104. The van der Waals surface area contributed by atoms with Crippen LogP contribution in [-0.2, 0) is 6.42 Å². The Balaban J connectivity index is 1.56. The number of hydroxylamine groups is 2. The zero-order chi connectivity index (χ0) is 15.9. The van der Waals surface area contributed by atoms with Gasteiger partial charge in [0.1, 0.15) is 11.5 Å². The van der Waals surface area contributed by atoms with E-state index < -0.39 is 0 Å². The van der Waals surface area contributed by atoms with E-state index in [1.807, 2.05) is 24.3 Å². The third-order valence-electron chi connectivity index (χ3n) is 4.77. The molecule has 2 atom stereocenters. The summed E-state index contributed by atoms with van der Waals surface area (Å²) >= 11 is 0. The van der Waals surface area contributed by atoms with Crippen LogP contribution in [0.4, 0.5) is 22.0 Å². The van der Waals surface area contributed by atoms with E-state index in [0.717, 1.165) is 36.2 Å². The lowest BCUT2D eigenvalue weighted by molar-refractivity contribution is 0.262. The first-order chi connectivity index (χ1) is 11.2. The van der Waals surface area contributed by atoms with Crippen molar-refractivity contribution in [1.82, 2.24) is 9.63 Å². The highest BCUT2D eigenvalue weighted by Crippen LogP contribution is 2.46. The van der Waals surface area contributed by atoms with E-state index in [-0.39, 0.29) is 16.7 Å². The fraction of sp³-hybridized carbons (Fsp3) is 0.294. The molecule has 6 nitrogen and oxygen atoms in total. The number of aromatic nitrogens is 1. The summed E-state index contributed by atoms with van der Waals surface area (Å²) in [5.41, 5.74) is 2.50. The summed E-state index contributed by atoms with van der Waals surface area (Å²) in [5.74, 6) is 0.491. The zero-order valence-electron chi connectivity index (χ0n) is 12.7. The lowest BCUT2D eigenvalue weighted by Crippen LogP contribution is -2.44. The number of amides is 2. The number of anilines is 2. The molecule has 2 unspecified atom stereocenters. The Morgan fingerprint density at radius 2 is 2.13 bits per heavy atom. The average Bonchev–Trinajstić information content (AvgIpc) is 3.03. The van der Waals surface area contributed by atoms with E-state index in [4.69, 9.17) is 0 Å². The number of hydrogen-bond donors (Lipinski definition) is 2. The van der Waals surface area contributed by atoms with Gasteiger partial charge in [0.2, 0.25) is 0 Å². The maximum atomic E-state index is 13.0. The van der Waals surface area contributed by atoms with E-state index in [0.29, 0.717) is 12.4 Å². The number of rotatable bonds is 2. The summed E-state index contributed by atoms with van der Waals surface area (Å²) in [6.45, 7) is 0.640. The van der Waals surface area contributed by atoms with Gasteiger partial charge in [-0.2, -0.15) is 0 Å². The molecule has 3 heterocycles. The molecule has 1 fully saturated rings. The highest BCUT2D eigenvalue weighted by molar-refractivity contribution is 6.00. The Hall–Kier alpha value is -2.44. The van der Waals surface area contributed by atoms with Gasteiger partial charge in [-0.3, -0.25) is 5.32 Å². The second kappa shape index (κ2) is 5.33. The smallest absolute Gasteiger partial charge is 0.324 e. The molecule has 1 saturated heterocycles. The largest absolute Gasteiger partial charge is 0.627 e. The fourth-order valence-corrected chi connectivity index (χ4v) is 3.72. The van der Waals surface area contributed by atoms with Crippen molar-refractivity contribution in [3.05, 3.63) is 53.4 Å². The van der Waals surface area contributed by atoms with E-state index in [1.165, 1.54) is 0 Å². The summed E-state index contributed by atoms with van der Waals surface area (Å²) in [7, 11) is 0. The molecule has 2 N–H and O–H groups in total. The maximum Gasteiger partial charge on any atom is 0.324 e. The molecule has 0 bridgehead atoms. The van der Waals surface area contributed by atoms with Crippen LogP contribution in [0.5, 0.6) is 0 Å². The first-order valence-electron chi connectivity index (χ1n) is 7.87. The van der Waals surface area contributed by atoms with Gasteiger partial charge in [-0.05, 0) is 24.3 Å². The number of urea groups is 1. The van der Waals surface area contributed by atoms with Gasteiger partial charge < -0.3 is 15.2 Å². The van der Waals surface area contributed by atoms with Gasteiger partial charge in [0.15, 0.2) is 0 Å². The molecule has 2 aliphatic heterocycles. The van der Waals surface area contributed by atoms with Crippen molar-refractivity contribution >= 4 is 23.2 Å². The van der Waals surface area contributed by atoms with Crippen LogP contribution < -0.4 is 15.3 Å². The van der Waals surface area contributed by atoms with Crippen LogP contribution >= 0.6 is 0 Å². The van der Waals surface area contributed by atoms with Gasteiger partial charge in [-0.15, -0.1) is 0 Å². The second-order valence-electron chi connectivity index (χ2n) is 6.12. The van der Waals surface area contributed by atoms with Crippen LogP contribution in [0.1, 0.15) is 18.4 Å². The second-order valence-corrected chi connectivity index (χ2v) is 6.12. The van der Waals surface area contributed by atoms with Crippen LogP contribution in [0, 0.1) is 5.21 Å². The highest BCUT2D eigenvalue weighted by Gasteiger charge is 2.45. The van der Waals surface area contributed by atoms with Gasteiger partial charge in [0.25, 0.3) is 0 Å². The van der Waals surface area contributed by atoms with Crippen LogP contribution in [0.2, 0.25) is 0 Å². The molecule has 0 radical (unpaired) electrons. The molecule has 2 aliphatic rings. The quantitative estimate of drug-likeness (QED) is 0.660. The number of pyridine rings is 1. The van der Waals surface area contributed by atoms with E-state index in [1.54, 1.807) is 18.3 Å². The van der Waals surface area contributed by atoms with Gasteiger partial charge in [0, 0.05) is 31.0 Å². The molecule has 23 heavy (non-hydrogen) atoms. The number of nitrogens with zero attached hydrogens (tertiary/aromatic N) is 2. The monoisotopic (exact) mass is 310 g/mol. The Morgan fingerprint density at radius 3 is 2.96 bits per heavy atom. The van der Waals surface area contributed by atoms with Crippen molar-refractivity contribution in [1.29, 1.82) is 0 Å². The minimum Gasteiger partial charge on any atom is -0.627 e. The number of nitrogens with one attached hydrogen (secondary N) is 2. The van der Waals surface area contributed by atoms with Crippen molar-refractivity contribution in [3.8, 4) is 0 Å². The molecule has 2 aromatic rings. The third-order valence-corrected chi connectivity index (χ3v) is 4.77. The number of carbonyl (C=O) groups is 1. The summed E-state index contributed by atoms with van der Waals surface area (Å²) < 4.78 is -0.229. The summed E-state index contributed by atoms with van der Waals surface area (Å²) in [6.07, 6.45) is 4.29. The minimum atomic E-state index is -0.346. The zero-order valence-corrected chi connectivity index (χ0v) is 12.7.